The normalized spacial score (nSPS) is 11.9. The third-order valence-electron chi connectivity index (χ3n) is 2.75. The highest BCUT2D eigenvalue weighted by molar-refractivity contribution is 5.68. The number of esters is 1. The molecule has 0 rings (SSSR count). The minimum absolute atomic E-state index is 0.129. The van der Waals surface area contributed by atoms with Gasteiger partial charge in [0, 0.05) is 12.8 Å². The standard InChI is InChI=1S/C16H26O3/c1-3-12-15(17)13-10-8-6-4-5-7-9-11-14-16(18)19-2/h10,13,15,17H,3-5,7,9,11-12,14H2,1-2H3. The Kier molecular flexibility index (Phi) is 12.3. The van der Waals surface area contributed by atoms with E-state index in [4.69, 9.17) is 0 Å². The molecule has 0 radical (unpaired) electrons. The Balaban J connectivity index is 3.42. The smallest absolute Gasteiger partial charge is 0.305 e. The fourth-order valence-corrected chi connectivity index (χ4v) is 1.62. The number of aliphatic hydroxyl groups excluding tert-OH is 1. The lowest BCUT2D eigenvalue weighted by molar-refractivity contribution is -0.140. The average Bonchev–Trinajstić information content (AvgIpc) is 2.40. The van der Waals surface area contributed by atoms with Gasteiger partial charge >= 0.3 is 5.97 Å². The molecule has 0 aromatic heterocycles. The molecular formula is C16H26O3. The largest absolute Gasteiger partial charge is 0.469 e. The second-order valence-corrected chi connectivity index (χ2v) is 4.53. The zero-order chi connectivity index (χ0) is 14.3. The summed E-state index contributed by atoms with van der Waals surface area (Å²) in [5, 5.41) is 9.42. The van der Waals surface area contributed by atoms with Crippen molar-refractivity contribution in [3.05, 3.63) is 12.2 Å². The predicted octanol–water partition coefficient (Wildman–Crippen LogP) is 3.22. The van der Waals surface area contributed by atoms with Gasteiger partial charge in [-0.15, -0.1) is 0 Å². The van der Waals surface area contributed by atoms with Crippen LogP contribution in [-0.2, 0) is 9.53 Å². The Hall–Kier alpha value is -1.27. The second kappa shape index (κ2) is 13.2. The van der Waals surface area contributed by atoms with Crippen LogP contribution in [0.25, 0.3) is 0 Å². The molecular weight excluding hydrogens is 240 g/mol. The molecule has 3 nitrogen and oxygen atoms in total. The minimum Gasteiger partial charge on any atom is -0.469 e. The maximum absolute atomic E-state index is 10.8. The molecule has 0 aliphatic heterocycles. The Morgan fingerprint density at radius 2 is 2.05 bits per heavy atom. The summed E-state index contributed by atoms with van der Waals surface area (Å²) in [6, 6.07) is 0. The monoisotopic (exact) mass is 266 g/mol. The second-order valence-electron chi connectivity index (χ2n) is 4.53. The molecule has 0 aromatic rings. The summed E-state index contributed by atoms with van der Waals surface area (Å²) in [7, 11) is 1.42. The molecule has 3 heteroatoms. The van der Waals surface area contributed by atoms with Gasteiger partial charge in [0.25, 0.3) is 0 Å². The molecule has 0 saturated carbocycles. The van der Waals surface area contributed by atoms with E-state index in [1.165, 1.54) is 7.11 Å². The highest BCUT2D eigenvalue weighted by Crippen LogP contribution is 2.05. The fraction of sp³-hybridized carbons (Fsp3) is 0.688. The van der Waals surface area contributed by atoms with E-state index in [1.807, 2.05) is 6.92 Å². The number of carbonyl (C=O) groups is 1. The van der Waals surface area contributed by atoms with Crippen molar-refractivity contribution in [2.24, 2.45) is 0 Å². The van der Waals surface area contributed by atoms with Gasteiger partial charge < -0.3 is 9.84 Å². The van der Waals surface area contributed by atoms with Crippen LogP contribution in [0.4, 0.5) is 0 Å². The molecule has 0 amide bonds. The topological polar surface area (TPSA) is 46.5 Å². The van der Waals surface area contributed by atoms with Crippen molar-refractivity contribution < 1.29 is 14.6 Å². The number of methoxy groups -OCH3 is 1. The Morgan fingerprint density at radius 1 is 1.32 bits per heavy atom. The zero-order valence-corrected chi connectivity index (χ0v) is 12.2. The predicted molar refractivity (Wildman–Crippen MR) is 77.5 cm³/mol. The lowest BCUT2D eigenvalue weighted by Crippen LogP contribution is -1.99. The molecule has 1 N–H and O–H groups in total. The lowest BCUT2D eigenvalue weighted by Gasteiger charge is -1.99. The fourth-order valence-electron chi connectivity index (χ4n) is 1.62. The summed E-state index contributed by atoms with van der Waals surface area (Å²) in [6.07, 6.45) is 10.3. The van der Waals surface area contributed by atoms with Crippen LogP contribution < -0.4 is 0 Å². The molecule has 0 saturated heterocycles. The van der Waals surface area contributed by atoms with Gasteiger partial charge in [0.15, 0.2) is 0 Å². The first-order chi connectivity index (χ1) is 9.20. The van der Waals surface area contributed by atoms with Crippen LogP contribution in [0.2, 0.25) is 0 Å². The molecule has 0 bridgehead atoms. The van der Waals surface area contributed by atoms with Crippen LogP contribution in [0, 0.1) is 11.8 Å². The summed E-state index contributed by atoms with van der Waals surface area (Å²) in [4.78, 5) is 10.8. The van der Waals surface area contributed by atoms with Crippen LogP contribution in [-0.4, -0.2) is 24.3 Å². The maximum Gasteiger partial charge on any atom is 0.305 e. The summed E-state index contributed by atoms with van der Waals surface area (Å²) >= 11 is 0. The number of hydrogen-bond acceptors (Lipinski definition) is 3. The van der Waals surface area contributed by atoms with E-state index < -0.39 is 0 Å². The van der Waals surface area contributed by atoms with Crippen molar-refractivity contribution >= 4 is 5.97 Å². The van der Waals surface area contributed by atoms with Crippen molar-refractivity contribution in [1.82, 2.24) is 0 Å². The van der Waals surface area contributed by atoms with Gasteiger partial charge in [0.2, 0.25) is 0 Å². The van der Waals surface area contributed by atoms with E-state index in [0.717, 1.165) is 44.9 Å². The van der Waals surface area contributed by atoms with Gasteiger partial charge in [-0.2, -0.15) is 0 Å². The molecule has 0 aliphatic carbocycles. The van der Waals surface area contributed by atoms with Gasteiger partial charge in [0.1, 0.15) is 0 Å². The quantitative estimate of drug-likeness (QED) is 0.396. The number of unbranched alkanes of at least 4 members (excludes halogenated alkanes) is 4. The highest BCUT2D eigenvalue weighted by atomic mass is 16.5. The Morgan fingerprint density at radius 3 is 2.74 bits per heavy atom. The lowest BCUT2D eigenvalue weighted by atomic mass is 10.1. The van der Waals surface area contributed by atoms with Crippen LogP contribution >= 0.6 is 0 Å². The molecule has 0 spiro atoms. The van der Waals surface area contributed by atoms with Crippen molar-refractivity contribution in [2.75, 3.05) is 7.11 Å². The minimum atomic E-state index is -0.363. The summed E-state index contributed by atoms with van der Waals surface area (Å²) in [6.45, 7) is 2.04. The van der Waals surface area contributed by atoms with Crippen LogP contribution in [0.5, 0.6) is 0 Å². The van der Waals surface area contributed by atoms with Crippen molar-refractivity contribution in [3.63, 3.8) is 0 Å². The maximum atomic E-state index is 10.8. The van der Waals surface area contributed by atoms with E-state index >= 15 is 0 Å². The van der Waals surface area contributed by atoms with Gasteiger partial charge in [0.05, 0.1) is 13.2 Å². The van der Waals surface area contributed by atoms with E-state index in [9.17, 15) is 9.90 Å². The van der Waals surface area contributed by atoms with Gasteiger partial charge in [-0.25, -0.2) is 0 Å². The van der Waals surface area contributed by atoms with Gasteiger partial charge in [-0.1, -0.05) is 38.0 Å². The molecule has 0 aliphatic rings. The van der Waals surface area contributed by atoms with E-state index in [-0.39, 0.29) is 12.1 Å². The summed E-state index contributed by atoms with van der Waals surface area (Å²) in [5.41, 5.74) is 0. The number of allylic oxidation sites excluding steroid dienone is 1. The zero-order valence-electron chi connectivity index (χ0n) is 12.2. The van der Waals surface area contributed by atoms with Crippen molar-refractivity contribution in [3.8, 4) is 11.8 Å². The van der Waals surface area contributed by atoms with E-state index in [2.05, 4.69) is 16.6 Å². The first kappa shape index (κ1) is 17.7. The molecule has 1 unspecified atom stereocenters. The van der Waals surface area contributed by atoms with Crippen LogP contribution in [0.1, 0.15) is 58.3 Å². The number of hydrogen-bond donors (Lipinski definition) is 1. The van der Waals surface area contributed by atoms with Crippen LogP contribution in [0.3, 0.4) is 0 Å². The number of aliphatic hydroxyl groups is 1. The number of rotatable bonds is 9. The molecule has 19 heavy (non-hydrogen) atoms. The molecule has 1 atom stereocenters. The van der Waals surface area contributed by atoms with Crippen molar-refractivity contribution in [2.45, 2.75) is 64.4 Å². The third-order valence-corrected chi connectivity index (χ3v) is 2.75. The highest BCUT2D eigenvalue weighted by Gasteiger charge is 1.98. The first-order valence-electron chi connectivity index (χ1n) is 7.10. The molecule has 0 heterocycles. The van der Waals surface area contributed by atoms with Gasteiger partial charge in [-0.3, -0.25) is 4.79 Å². The Bertz CT molecular complexity index is 310. The van der Waals surface area contributed by atoms with Crippen molar-refractivity contribution in [1.29, 1.82) is 0 Å². The number of carbonyl (C=O) groups excluding carboxylic acids is 1. The first-order valence-corrected chi connectivity index (χ1v) is 7.10. The van der Waals surface area contributed by atoms with Gasteiger partial charge in [-0.05, 0) is 31.4 Å². The summed E-state index contributed by atoms with van der Waals surface area (Å²) in [5.74, 6) is 5.85. The summed E-state index contributed by atoms with van der Waals surface area (Å²) < 4.78 is 4.57. The van der Waals surface area contributed by atoms with E-state index in [0.29, 0.717) is 6.42 Å². The Labute approximate surface area is 117 Å². The molecule has 0 fully saturated rings. The number of ether oxygens (including phenoxy) is 1. The van der Waals surface area contributed by atoms with Crippen LogP contribution in [0.15, 0.2) is 12.2 Å². The molecule has 108 valence electrons. The third kappa shape index (κ3) is 13.0. The average molecular weight is 266 g/mol. The molecule has 0 aromatic carbocycles. The SMILES string of the molecule is CCCC(O)C=CC#CCCCCCCC(=O)OC. The van der Waals surface area contributed by atoms with E-state index in [1.54, 1.807) is 12.2 Å².